The summed E-state index contributed by atoms with van der Waals surface area (Å²) in [5.74, 6) is 0.887. The Morgan fingerprint density at radius 2 is 1.81 bits per heavy atom. The quantitative estimate of drug-likeness (QED) is 0.834. The van der Waals surface area contributed by atoms with Gasteiger partial charge in [-0.15, -0.1) is 0 Å². The van der Waals surface area contributed by atoms with Gasteiger partial charge in [0.25, 0.3) is 6.47 Å². The van der Waals surface area contributed by atoms with Crippen molar-refractivity contribution in [2.75, 3.05) is 13.1 Å². The van der Waals surface area contributed by atoms with E-state index in [1.165, 1.54) is 42.4 Å². The van der Waals surface area contributed by atoms with Crippen LogP contribution < -0.4 is 5.32 Å². The number of hydrogen-bond donors (Lipinski definition) is 1. The number of ether oxygens (including phenoxy) is 1. The number of nitrogens with one attached hydrogen (secondary N) is 1. The smallest absolute Gasteiger partial charge is 0.293 e. The molecular weight excluding hydrogens is 330 g/mol. The predicted molar refractivity (Wildman–Crippen MR) is 90.3 cm³/mol. The van der Waals surface area contributed by atoms with E-state index in [0.717, 1.165) is 5.92 Å². The van der Waals surface area contributed by atoms with Gasteiger partial charge in [-0.25, -0.2) is 0 Å². The second-order valence-corrected chi connectivity index (χ2v) is 7.27. The van der Waals surface area contributed by atoms with Crippen LogP contribution in [0.2, 0.25) is 0 Å². The van der Waals surface area contributed by atoms with Crippen LogP contribution in [0.25, 0.3) is 0 Å². The SMILES string of the molecule is Brc1ccc(CC2CCNCC2)cc1.CC(C)(C)OC=O. The summed E-state index contributed by atoms with van der Waals surface area (Å²) in [6.07, 6.45) is 3.90. The summed E-state index contributed by atoms with van der Waals surface area (Å²) in [5.41, 5.74) is 1.15. The molecule has 0 saturated carbocycles. The molecule has 0 unspecified atom stereocenters. The Morgan fingerprint density at radius 3 is 2.24 bits per heavy atom. The molecule has 0 atom stereocenters. The van der Waals surface area contributed by atoms with E-state index in [4.69, 9.17) is 0 Å². The van der Waals surface area contributed by atoms with Crippen LogP contribution in [0.15, 0.2) is 28.7 Å². The van der Waals surface area contributed by atoms with Crippen LogP contribution in [0.3, 0.4) is 0 Å². The van der Waals surface area contributed by atoms with E-state index in [1.807, 2.05) is 20.8 Å². The topological polar surface area (TPSA) is 38.3 Å². The predicted octanol–water partition coefficient (Wildman–Crippen LogP) is 3.95. The lowest BCUT2D eigenvalue weighted by Crippen LogP contribution is -2.28. The second kappa shape index (κ2) is 9.21. The van der Waals surface area contributed by atoms with Gasteiger partial charge in [0.05, 0.1) is 0 Å². The number of carbonyl (C=O) groups is 1. The van der Waals surface area contributed by atoms with Crippen LogP contribution in [-0.2, 0) is 16.0 Å². The summed E-state index contributed by atoms with van der Waals surface area (Å²) in [4.78, 5) is 9.60. The third-order valence-corrected chi connectivity index (χ3v) is 3.83. The molecule has 1 N–H and O–H groups in total. The first kappa shape index (κ1) is 18.2. The Hall–Kier alpha value is -0.870. The molecule has 0 bridgehead atoms. The molecule has 3 nitrogen and oxygen atoms in total. The zero-order chi connectivity index (χ0) is 15.7. The van der Waals surface area contributed by atoms with Gasteiger partial charge < -0.3 is 10.1 Å². The summed E-state index contributed by atoms with van der Waals surface area (Å²) in [6.45, 7) is 8.31. The Bertz CT molecular complexity index is 406. The molecule has 0 spiro atoms. The van der Waals surface area contributed by atoms with E-state index in [0.29, 0.717) is 6.47 Å². The van der Waals surface area contributed by atoms with Crippen molar-refractivity contribution in [3.63, 3.8) is 0 Å². The summed E-state index contributed by atoms with van der Waals surface area (Å²) < 4.78 is 5.72. The highest BCUT2D eigenvalue weighted by Crippen LogP contribution is 2.19. The van der Waals surface area contributed by atoms with Crippen LogP contribution >= 0.6 is 15.9 Å². The van der Waals surface area contributed by atoms with Crippen LogP contribution in [0.5, 0.6) is 0 Å². The third kappa shape index (κ3) is 8.89. The minimum Gasteiger partial charge on any atom is -0.462 e. The standard InChI is InChI=1S/C12H16BrN.C5H10O2/c13-12-3-1-10(2-4-12)9-11-5-7-14-8-6-11;1-5(2,3)7-4-6/h1-4,11,14H,5-9H2;4H,1-3H3. The number of carbonyl (C=O) groups excluding carboxylic acids is 1. The molecular formula is C17H26BrNO2. The van der Waals surface area contributed by atoms with Crippen molar-refractivity contribution in [1.29, 1.82) is 0 Å². The molecule has 21 heavy (non-hydrogen) atoms. The number of piperidine rings is 1. The van der Waals surface area contributed by atoms with Crippen LogP contribution in [0.1, 0.15) is 39.2 Å². The number of rotatable bonds is 3. The molecule has 1 heterocycles. The highest BCUT2D eigenvalue weighted by atomic mass is 79.9. The highest BCUT2D eigenvalue weighted by Gasteiger charge is 2.13. The molecule has 118 valence electrons. The minimum absolute atomic E-state index is 0.318. The van der Waals surface area contributed by atoms with Gasteiger partial charge in [0.15, 0.2) is 0 Å². The first-order valence-corrected chi connectivity index (χ1v) is 8.26. The fourth-order valence-corrected chi connectivity index (χ4v) is 2.45. The molecule has 0 radical (unpaired) electrons. The lowest BCUT2D eigenvalue weighted by Gasteiger charge is -2.22. The van der Waals surface area contributed by atoms with Crippen molar-refractivity contribution < 1.29 is 9.53 Å². The average Bonchev–Trinajstić information content (AvgIpc) is 2.42. The van der Waals surface area contributed by atoms with E-state index in [-0.39, 0.29) is 5.60 Å². The molecule has 1 aromatic carbocycles. The molecule has 1 aromatic rings. The van der Waals surface area contributed by atoms with Crippen molar-refractivity contribution in [1.82, 2.24) is 5.32 Å². The lowest BCUT2D eigenvalue weighted by molar-refractivity contribution is -0.138. The molecule has 0 aromatic heterocycles. The number of hydrogen-bond acceptors (Lipinski definition) is 3. The second-order valence-electron chi connectivity index (χ2n) is 6.35. The van der Waals surface area contributed by atoms with Gasteiger partial charge >= 0.3 is 0 Å². The molecule has 4 heteroatoms. The maximum absolute atomic E-state index is 9.60. The van der Waals surface area contributed by atoms with Crippen LogP contribution in [0.4, 0.5) is 0 Å². The molecule has 1 aliphatic heterocycles. The first-order valence-electron chi connectivity index (χ1n) is 7.47. The Balaban J connectivity index is 0.000000270. The van der Waals surface area contributed by atoms with Crippen molar-refractivity contribution >= 4 is 22.4 Å². The molecule has 0 amide bonds. The summed E-state index contributed by atoms with van der Waals surface area (Å²) in [6, 6.07) is 8.73. The Labute approximate surface area is 136 Å². The van der Waals surface area contributed by atoms with Crippen molar-refractivity contribution in [3.8, 4) is 0 Å². The van der Waals surface area contributed by atoms with Crippen molar-refractivity contribution in [3.05, 3.63) is 34.3 Å². The number of benzene rings is 1. The maximum atomic E-state index is 9.60. The minimum atomic E-state index is -0.318. The van der Waals surface area contributed by atoms with Gasteiger partial charge in [-0.2, -0.15) is 0 Å². The van der Waals surface area contributed by atoms with Gasteiger partial charge in [-0.1, -0.05) is 28.1 Å². The monoisotopic (exact) mass is 355 g/mol. The molecule has 1 fully saturated rings. The average molecular weight is 356 g/mol. The largest absolute Gasteiger partial charge is 0.462 e. The van der Waals surface area contributed by atoms with E-state index in [9.17, 15) is 4.79 Å². The summed E-state index contributed by atoms with van der Waals surface area (Å²) >= 11 is 3.46. The fraction of sp³-hybridized carbons (Fsp3) is 0.588. The lowest BCUT2D eigenvalue weighted by atomic mass is 9.91. The van der Waals surface area contributed by atoms with Gasteiger partial charge in [-0.3, -0.25) is 4.79 Å². The highest BCUT2D eigenvalue weighted by molar-refractivity contribution is 9.10. The third-order valence-electron chi connectivity index (χ3n) is 3.30. The van der Waals surface area contributed by atoms with Crippen LogP contribution in [0, 0.1) is 5.92 Å². The first-order chi connectivity index (χ1) is 9.90. The normalized spacial score (nSPS) is 15.8. The van der Waals surface area contributed by atoms with Gasteiger partial charge in [-0.05, 0) is 76.7 Å². The van der Waals surface area contributed by atoms with Crippen LogP contribution in [-0.4, -0.2) is 25.2 Å². The van der Waals surface area contributed by atoms with E-state index < -0.39 is 0 Å². The van der Waals surface area contributed by atoms with Gasteiger partial charge in [0.1, 0.15) is 5.60 Å². The van der Waals surface area contributed by atoms with E-state index >= 15 is 0 Å². The molecule has 1 saturated heterocycles. The van der Waals surface area contributed by atoms with Crippen molar-refractivity contribution in [2.24, 2.45) is 5.92 Å². The summed E-state index contributed by atoms with van der Waals surface area (Å²) in [7, 11) is 0. The molecule has 2 rings (SSSR count). The van der Waals surface area contributed by atoms with E-state index in [2.05, 4.69) is 50.2 Å². The Kier molecular flexibility index (Phi) is 7.97. The van der Waals surface area contributed by atoms with Gasteiger partial charge in [0.2, 0.25) is 0 Å². The summed E-state index contributed by atoms with van der Waals surface area (Å²) in [5, 5.41) is 3.40. The molecule has 0 aliphatic carbocycles. The zero-order valence-electron chi connectivity index (χ0n) is 13.2. The maximum Gasteiger partial charge on any atom is 0.293 e. The van der Waals surface area contributed by atoms with E-state index in [1.54, 1.807) is 0 Å². The van der Waals surface area contributed by atoms with Gasteiger partial charge in [0, 0.05) is 4.47 Å². The van der Waals surface area contributed by atoms with Crippen molar-refractivity contribution in [2.45, 2.75) is 45.6 Å². The zero-order valence-corrected chi connectivity index (χ0v) is 14.8. The Morgan fingerprint density at radius 1 is 1.24 bits per heavy atom. The number of halogens is 1. The fourth-order valence-electron chi connectivity index (χ4n) is 2.18. The molecule has 1 aliphatic rings.